The van der Waals surface area contributed by atoms with E-state index in [4.69, 9.17) is 0 Å². The number of nitrogens with one attached hydrogen (secondary N) is 1. The summed E-state index contributed by atoms with van der Waals surface area (Å²) in [6.07, 6.45) is 5.43. The van der Waals surface area contributed by atoms with Gasteiger partial charge in [0.05, 0.1) is 0 Å². The fourth-order valence-corrected chi connectivity index (χ4v) is 3.79. The average molecular weight is 330 g/mol. The van der Waals surface area contributed by atoms with Crippen molar-refractivity contribution in [1.29, 1.82) is 0 Å². The van der Waals surface area contributed by atoms with Gasteiger partial charge in [-0.2, -0.15) is 0 Å². The van der Waals surface area contributed by atoms with Crippen LogP contribution in [0.25, 0.3) is 0 Å². The fraction of sp³-hybridized carbons (Fsp3) is 0.632. The number of benzene rings is 1. The number of hydrogen-bond acceptors (Lipinski definition) is 3. The third kappa shape index (κ3) is 4.20. The van der Waals surface area contributed by atoms with E-state index in [2.05, 4.69) is 33.3 Å². The molecule has 5 nitrogen and oxygen atoms in total. The molecule has 0 spiro atoms. The molecule has 5 heteroatoms. The maximum atomic E-state index is 12.4. The van der Waals surface area contributed by atoms with Crippen molar-refractivity contribution in [3.05, 3.63) is 29.8 Å². The lowest BCUT2D eigenvalue weighted by molar-refractivity contribution is 0.109. The third-order valence-corrected chi connectivity index (χ3v) is 5.31. The Balaban J connectivity index is 1.45. The largest absolute Gasteiger partial charge is 0.378 e. The highest BCUT2D eigenvalue weighted by atomic mass is 16.2. The summed E-state index contributed by atoms with van der Waals surface area (Å²) in [5, 5.41) is 3.07. The van der Waals surface area contributed by atoms with Gasteiger partial charge in [-0.3, -0.25) is 4.90 Å². The molecule has 1 aliphatic carbocycles. The number of carbonyl (C=O) groups excluding carboxylic acids is 1. The molecular formula is C19H30N4O. The van der Waals surface area contributed by atoms with Crippen molar-refractivity contribution in [2.75, 3.05) is 45.2 Å². The van der Waals surface area contributed by atoms with Crippen molar-refractivity contribution >= 4 is 11.7 Å². The lowest BCUT2D eigenvalue weighted by atomic mass is 10.2. The van der Waals surface area contributed by atoms with Gasteiger partial charge >= 0.3 is 6.03 Å². The number of rotatable bonds is 4. The number of amides is 2. The predicted octanol–water partition coefficient (Wildman–Crippen LogP) is 2.52. The summed E-state index contributed by atoms with van der Waals surface area (Å²) in [7, 11) is 4.06. The van der Waals surface area contributed by atoms with Crippen LogP contribution in [0.3, 0.4) is 0 Å². The van der Waals surface area contributed by atoms with Crippen molar-refractivity contribution < 1.29 is 4.79 Å². The number of nitrogens with zero attached hydrogens (tertiary/aromatic N) is 3. The van der Waals surface area contributed by atoms with Crippen LogP contribution in [0.4, 0.5) is 10.5 Å². The van der Waals surface area contributed by atoms with Gasteiger partial charge in [0.15, 0.2) is 0 Å². The normalized spacial score (nSPS) is 19.5. The number of hydrogen-bond donors (Lipinski definition) is 1. The quantitative estimate of drug-likeness (QED) is 0.922. The Morgan fingerprint density at radius 1 is 1.17 bits per heavy atom. The second-order valence-corrected chi connectivity index (χ2v) is 7.18. The van der Waals surface area contributed by atoms with Gasteiger partial charge in [-0.25, -0.2) is 4.79 Å². The molecule has 0 radical (unpaired) electrons. The van der Waals surface area contributed by atoms with Crippen LogP contribution >= 0.6 is 0 Å². The summed E-state index contributed by atoms with van der Waals surface area (Å²) in [4.78, 5) is 19.0. The van der Waals surface area contributed by atoms with Crippen LogP contribution in [0.2, 0.25) is 0 Å². The van der Waals surface area contributed by atoms with Crippen molar-refractivity contribution in [3.8, 4) is 0 Å². The average Bonchev–Trinajstić information content (AvgIpc) is 3.14. The zero-order chi connectivity index (χ0) is 16.9. The minimum absolute atomic E-state index is 0.0660. The standard InChI is InChI=1S/C19H30N4O/c1-21(2)18-9-5-6-16(14-18)15-20-19(24)23-12-10-22(11-13-23)17-7-3-4-8-17/h5-6,9,14,17H,3-4,7-8,10-13,15H2,1-2H3,(H,20,24). The summed E-state index contributed by atoms with van der Waals surface area (Å²) in [6, 6.07) is 9.13. The van der Waals surface area contributed by atoms with E-state index in [1.807, 2.05) is 25.1 Å². The van der Waals surface area contributed by atoms with Crippen LogP contribution < -0.4 is 10.2 Å². The Hall–Kier alpha value is -1.75. The minimum Gasteiger partial charge on any atom is -0.378 e. The topological polar surface area (TPSA) is 38.8 Å². The Bertz CT molecular complexity index is 546. The molecule has 2 amide bonds. The van der Waals surface area contributed by atoms with Crippen LogP contribution in [-0.4, -0.2) is 62.1 Å². The van der Waals surface area contributed by atoms with Crippen molar-refractivity contribution in [1.82, 2.24) is 15.1 Å². The first kappa shape index (κ1) is 17.1. The predicted molar refractivity (Wildman–Crippen MR) is 98.4 cm³/mol. The van der Waals surface area contributed by atoms with Crippen molar-refractivity contribution in [3.63, 3.8) is 0 Å². The van der Waals surface area contributed by atoms with E-state index in [1.54, 1.807) is 0 Å². The molecule has 1 N–H and O–H groups in total. The fourth-order valence-electron chi connectivity index (χ4n) is 3.79. The van der Waals surface area contributed by atoms with E-state index in [9.17, 15) is 4.79 Å². The molecule has 2 fully saturated rings. The van der Waals surface area contributed by atoms with E-state index in [0.29, 0.717) is 6.54 Å². The molecule has 132 valence electrons. The molecule has 3 rings (SSSR count). The van der Waals surface area contributed by atoms with Crippen molar-refractivity contribution in [2.24, 2.45) is 0 Å². The molecule has 1 aromatic rings. The summed E-state index contributed by atoms with van der Waals surface area (Å²) in [5.41, 5.74) is 2.30. The summed E-state index contributed by atoms with van der Waals surface area (Å²) in [6.45, 7) is 4.33. The van der Waals surface area contributed by atoms with E-state index in [0.717, 1.165) is 43.5 Å². The maximum Gasteiger partial charge on any atom is 0.317 e. The van der Waals surface area contributed by atoms with E-state index < -0.39 is 0 Å². The Labute approximate surface area is 145 Å². The second-order valence-electron chi connectivity index (χ2n) is 7.18. The summed E-state index contributed by atoms with van der Waals surface area (Å²) < 4.78 is 0. The van der Waals surface area contributed by atoms with Gasteiger partial charge in [0.2, 0.25) is 0 Å². The van der Waals surface area contributed by atoms with Crippen LogP contribution in [0.5, 0.6) is 0 Å². The summed E-state index contributed by atoms with van der Waals surface area (Å²) >= 11 is 0. The molecule has 0 aromatic heterocycles. The number of anilines is 1. The molecule has 0 unspecified atom stereocenters. The van der Waals surface area contributed by atoms with Crippen molar-refractivity contribution in [2.45, 2.75) is 38.3 Å². The molecular weight excluding hydrogens is 300 g/mol. The first-order valence-electron chi connectivity index (χ1n) is 9.16. The van der Waals surface area contributed by atoms with Gasteiger partial charge in [-0.1, -0.05) is 25.0 Å². The molecule has 1 heterocycles. The first-order chi connectivity index (χ1) is 11.6. The Morgan fingerprint density at radius 3 is 2.54 bits per heavy atom. The highest BCUT2D eigenvalue weighted by Gasteiger charge is 2.27. The summed E-state index contributed by atoms with van der Waals surface area (Å²) in [5.74, 6) is 0. The van der Waals surface area contributed by atoms with Gasteiger partial charge in [-0.15, -0.1) is 0 Å². The molecule has 1 saturated heterocycles. The lowest BCUT2D eigenvalue weighted by Gasteiger charge is -2.38. The molecule has 2 aliphatic rings. The Morgan fingerprint density at radius 2 is 1.88 bits per heavy atom. The second kappa shape index (κ2) is 7.88. The highest BCUT2D eigenvalue weighted by molar-refractivity contribution is 5.74. The van der Waals surface area contributed by atoms with Crippen LogP contribution in [-0.2, 0) is 6.54 Å². The Kier molecular flexibility index (Phi) is 5.61. The smallest absolute Gasteiger partial charge is 0.317 e. The molecule has 0 bridgehead atoms. The highest BCUT2D eigenvalue weighted by Crippen LogP contribution is 2.24. The SMILES string of the molecule is CN(C)c1cccc(CNC(=O)N2CCN(C3CCCC3)CC2)c1. The third-order valence-electron chi connectivity index (χ3n) is 5.31. The zero-order valence-electron chi connectivity index (χ0n) is 15.0. The first-order valence-corrected chi connectivity index (χ1v) is 9.16. The van der Waals surface area contributed by atoms with Gasteiger partial charge < -0.3 is 15.1 Å². The number of piperazine rings is 1. The van der Waals surface area contributed by atoms with E-state index >= 15 is 0 Å². The molecule has 1 aliphatic heterocycles. The van der Waals surface area contributed by atoms with Crippen LogP contribution in [0.15, 0.2) is 24.3 Å². The van der Waals surface area contributed by atoms with E-state index in [-0.39, 0.29) is 6.03 Å². The molecule has 1 saturated carbocycles. The van der Waals surface area contributed by atoms with Gasteiger partial charge in [0.25, 0.3) is 0 Å². The number of urea groups is 1. The van der Waals surface area contributed by atoms with Crippen LogP contribution in [0, 0.1) is 0 Å². The molecule has 1 aromatic carbocycles. The number of carbonyl (C=O) groups is 1. The monoisotopic (exact) mass is 330 g/mol. The van der Waals surface area contributed by atoms with Gasteiger partial charge in [-0.05, 0) is 30.5 Å². The molecule has 24 heavy (non-hydrogen) atoms. The molecule has 0 atom stereocenters. The van der Waals surface area contributed by atoms with Crippen LogP contribution in [0.1, 0.15) is 31.2 Å². The zero-order valence-corrected chi connectivity index (χ0v) is 15.0. The maximum absolute atomic E-state index is 12.4. The van der Waals surface area contributed by atoms with Gasteiger partial charge in [0.1, 0.15) is 0 Å². The lowest BCUT2D eigenvalue weighted by Crippen LogP contribution is -2.53. The van der Waals surface area contributed by atoms with Gasteiger partial charge in [0, 0.05) is 58.5 Å². The minimum atomic E-state index is 0.0660. The van der Waals surface area contributed by atoms with E-state index in [1.165, 1.54) is 25.7 Å².